The van der Waals surface area contributed by atoms with Gasteiger partial charge in [-0.15, -0.1) is 0 Å². The molecule has 0 bridgehead atoms. The first-order valence-corrected chi connectivity index (χ1v) is 12.4. The summed E-state index contributed by atoms with van der Waals surface area (Å²) >= 11 is 0. The van der Waals surface area contributed by atoms with E-state index in [1.165, 1.54) is 12.8 Å². The average Bonchev–Trinajstić information content (AvgIpc) is 3.59. The van der Waals surface area contributed by atoms with Crippen LogP contribution in [-0.2, 0) is 0 Å². The molecule has 2 aliphatic heterocycles. The highest BCUT2D eigenvalue weighted by Gasteiger charge is 2.44. The smallest absolute Gasteiger partial charge is 0.257 e. The van der Waals surface area contributed by atoms with Gasteiger partial charge in [0, 0.05) is 50.4 Å². The van der Waals surface area contributed by atoms with E-state index in [0.29, 0.717) is 22.4 Å². The van der Waals surface area contributed by atoms with Gasteiger partial charge in [-0.3, -0.25) is 4.79 Å². The summed E-state index contributed by atoms with van der Waals surface area (Å²) in [5.74, 6) is -2.66. The summed E-state index contributed by atoms with van der Waals surface area (Å²) in [6.07, 6.45) is 4.42. The first-order valence-electron chi connectivity index (χ1n) is 12.4. The number of ether oxygens (including phenoxy) is 1. The monoisotopic (exact) mass is 487 g/mol. The van der Waals surface area contributed by atoms with Crippen LogP contribution in [0.3, 0.4) is 0 Å². The first-order chi connectivity index (χ1) is 16.8. The summed E-state index contributed by atoms with van der Waals surface area (Å²) in [7, 11) is 0. The van der Waals surface area contributed by atoms with Gasteiger partial charge < -0.3 is 19.9 Å². The summed E-state index contributed by atoms with van der Waals surface area (Å²) in [4.78, 5) is 17.4. The molecule has 1 saturated carbocycles. The highest BCUT2D eigenvalue weighted by atomic mass is 19.3. The zero-order chi connectivity index (χ0) is 24.6. The Balaban J connectivity index is 1.36. The van der Waals surface area contributed by atoms with Crippen LogP contribution in [0.2, 0.25) is 0 Å². The number of rotatable bonds is 6. The van der Waals surface area contributed by atoms with Crippen molar-refractivity contribution in [1.82, 2.24) is 0 Å². The molecule has 2 saturated heterocycles. The van der Waals surface area contributed by atoms with E-state index in [0.717, 1.165) is 37.2 Å². The number of hydrogen-bond acceptors (Lipinski definition) is 4. The number of nitrogens with one attached hydrogen (secondary N) is 1. The fourth-order valence-electron chi connectivity index (χ4n) is 5.29. The Morgan fingerprint density at radius 2 is 1.57 bits per heavy atom. The van der Waals surface area contributed by atoms with Crippen molar-refractivity contribution in [3.63, 3.8) is 0 Å². The Morgan fingerprint density at radius 1 is 0.914 bits per heavy atom. The number of halogens is 3. The molecule has 0 radical (unpaired) electrons. The van der Waals surface area contributed by atoms with Gasteiger partial charge in [0.15, 0.2) is 0 Å². The van der Waals surface area contributed by atoms with Gasteiger partial charge in [0.05, 0.1) is 11.3 Å². The third-order valence-electron chi connectivity index (χ3n) is 7.78. The van der Waals surface area contributed by atoms with Gasteiger partial charge in [0.2, 0.25) is 6.86 Å². The third-order valence-corrected chi connectivity index (χ3v) is 7.78. The highest BCUT2D eigenvalue weighted by molar-refractivity contribution is 6.08. The lowest BCUT2D eigenvalue weighted by Gasteiger charge is -2.35. The Kier molecular flexibility index (Phi) is 6.32. The number of carbonyl (C=O) groups excluding carboxylic acids is 1. The lowest BCUT2D eigenvalue weighted by atomic mass is 9.92. The predicted octanol–water partition coefficient (Wildman–Crippen LogP) is 6.17. The molecule has 2 heterocycles. The van der Waals surface area contributed by atoms with Crippen molar-refractivity contribution in [2.45, 2.75) is 51.4 Å². The van der Waals surface area contributed by atoms with E-state index in [2.05, 4.69) is 16.3 Å². The molecule has 35 heavy (non-hydrogen) atoms. The van der Waals surface area contributed by atoms with Crippen LogP contribution >= 0.6 is 0 Å². The van der Waals surface area contributed by atoms with E-state index < -0.39 is 12.8 Å². The van der Waals surface area contributed by atoms with Gasteiger partial charge in [-0.2, -0.15) is 0 Å². The van der Waals surface area contributed by atoms with Gasteiger partial charge >= 0.3 is 0 Å². The van der Waals surface area contributed by atoms with E-state index >= 15 is 0 Å². The Morgan fingerprint density at radius 3 is 2.23 bits per heavy atom. The maximum absolute atomic E-state index is 13.7. The van der Waals surface area contributed by atoms with Crippen LogP contribution in [0.1, 0.15) is 54.4 Å². The zero-order valence-corrected chi connectivity index (χ0v) is 20.1. The molecule has 2 aromatic rings. The quantitative estimate of drug-likeness (QED) is 0.529. The number of carbonyl (C=O) groups is 1. The molecule has 1 aliphatic carbocycles. The molecule has 5 nitrogen and oxygen atoms in total. The van der Waals surface area contributed by atoms with E-state index in [4.69, 9.17) is 4.74 Å². The molecule has 188 valence electrons. The summed E-state index contributed by atoms with van der Waals surface area (Å²) in [5.41, 5.74) is 4.20. The molecular formula is C27H32F3N3O2. The molecule has 2 aromatic carbocycles. The number of nitrogens with zero attached hydrogens (tertiary/aromatic N) is 2. The fourth-order valence-corrected chi connectivity index (χ4v) is 5.29. The van der Waals surface area contributed by atoms with Crippen LogP contribution < -0.4 is 19.9 Å². The zero-order valence-electron chi connectivity index (χ0n) is 20.1. The SMILES string of the molecule is Cc1ccc(C(=O)Nc2ccc(OCF)c(N3CCC(F)(F)CC3)c2)c(N2CCC3(CC2)CC3)c1. The Labute approximate surface area is 204 Å². The molecule has 0 unspecified atom stereocenters. The van der Waals surface area contributed by atoms with Crippen LogP contribution in [-0.4, -0.2) is 44.9 Å². The second kappa shape index (κ2) is 9.28. The van der Waals surface area contributed by atoms with Crippen molar-refractivity contribution >= 4 is 23.0 Å². The number of hydrogen-bond donors (Lipinski definition) is 1. The fraction of sp³-hybridized carbons (Fsp3) is 0.519. The Hall–Kier alpha value is -2.90. The second-order valence-electron chi connectivity index (χ2n) is 10.2. The molecule has 3 fully saturated rings. The normalized spacial score (nSPS) is 20.6. The van der Waals surface area contributed by atoms with Crippen LogP contribution in [0.4, 0.5) is 30.2 Å². The topological polar surface area (TPSA) is 44.8 Å². The molecule has 1 N–H and O–H groups in total. The minimum absolute atomic E-state index is 0.131. The van der Waals surface area contributed by atoms with Crippen molar-refractivity contribution in [3.8, 4) is 5.75 Å². The lowest BCUT2D eigenvalue weighted by molar-refractivity contribution is -0.0221. The van der Waals surface area contributed by atoms with Crippen molar-refractivity contribution in [1.29, 1.82) is 0 Å². The first kappa shape index (κ1) is 23.8. The molecular weight excluding hydrogens is 455 g/mol. The van der Waals surface area contributed by atoms with Gasteiger partial charge in [0.1, 0.15) is 5.75 Å². The molecule has 1 amide bonds. The highest BCUT2D eigenvalue weighted by Crippen LogP contribution is 2.54. The van der Waals surface area contributed by atoms with Crippen molar-refractivity contribution in [3.05, 3.63) is 47.5 Å². The van der Waals surface area contributed by atoms with Crippen LogP contribution in [0, 0.1) is 12.3 Å². The number of anilines is 3. The van der Waals surface area contributed by atoms with Crippen LogP contribution in [0.25, 0.3) is 0 Å². The summed E-state index contributed by atoms with van der Waals surface area (Å²) in [6, 6.07) is 10.8. The van der Waals surface area contributed by atoms with Crippen molar-refractivity contribution < 1.29 is 22.7 Å². The van der Waals surface area contributed by atoms with Gasteiger partial charge in [0.25, 0.3) is 11.8 Å². The van der Waals surface area contributed by atoms with Gasteiger partial charge in [-0.25, -0.2) is 13.2 Å². The average molecular weight is 488 g/mol. The third kappa shape index (κ3) is 5.21. The predicted molar refractivity (Wildman–Crippen MR) is 132 cm³/mol. The van der Waals surface area contributed by atoms with Gasteiger partial charge in [-0.1, -0.05) is 6.07 Å². The number of amides is 1. The largest absolute Gasteiger partial charge is 0.461 e. The molecule has 0 aromatic heterocycles. The number of aryl methyl sites for hydroxylation is 1. The summed E-state index contributed by atoms with van der Waals surface area (Å²) in [5, 5.41) is 2.96. The lowest BCUT2D eigenvalue weighted by Crippen LogP contribution is -2.39. The number of benzene rings is 2. The van der Waals surface area contributed by atoms with E-state index in [9.17, 15) is 18.0 Å². The van der Waals surface area contributed by atoms with Crippen LogP contribution in [0.5, 0.6) is 5.75 Å². The minimum atomic E-state index is -2.70. The molecule has 8 heteroatoms. The standard InChI is InChI=1S/C27H32F3N3O2/c1-19-2-4-21(22(16-19)32-12-8-26(6-7-26)9-13-32)25(34)31-20-3-5-24(35-18-28)23(17-20)33-14-10-27(29,30)11-15-33/h2-5,16-17H,6-15,18H2,1H3,(H,31,34). The second-order valence-corrected chi connectivity index (χ2v) is 10.2. The molecule has 5 rings (SSSR count). The number of alkyl halides is 3. The maximum atomic E-state index is 13.7. The van der Waals surface area contributed by atoms with E-state index in [1.807, 2.05) is 19.1 Å². The summed E-state index contributed by atoms with van der Waals surface area (Å²) < 4.78 is 45.4. The van der Waals surface area contributed by atoms with Crippen LogP contribution in [0.15, 0.2) is 36.4 Å². The van der Waals surface area contributed by atoms with Gasteiger partial charge in [-0.05, 0) is 73.9 Å². The minimum Gasteiger partial charge on any atom is -0.461 e. The number of piperidine rings is 2. The van der Waals surface area contributed by atoms with E-state index in [1.54, 1.807) is 23.1 Å². The molecule has 0 atom stereocenters. The van der Waals surface area contributed by atoms with Crippen molar-refractivity contribution in [2.24, 2.45) is 5.41 Å². The summed E-state index contributed by atoms with van der Waals surface area (Å²) in [6.45, 7) is 3.16. The van der Waals surface area contributed by atoms with E-state index in [-0.39, 0.29) is 37.6 Å². The molecule has 1 spiro atoms. The Bertz CT molecular complexity index is 1080. The van der Waals surface area contributed by atoms with Crippen molar-refractivity contribution in [2.75, 3.05) is 48.2 Å². The molecule has 3 aliphatic rings. The maximum Gasteiger partial charge on any atom is 0.257 e.